The van der Waals surface area contributed by atoms with Gasteiger partial charge < -0.3 is 20.2 Å². The number of methoxy groups -OCH3 is 2. The van der Waals surface area contributed by atoms with Crippen LogP contribution in [0.3, 0.4) is 0 Å². The summed E-state index contributed by atoms with van der Waals surface area (Å²) in [7, 11) is 4.14. The lowest BCUT2D eigenvalue weighted by Crippen LogP contribution is -2.47. The monoisotopic (exact) mass is 525 g/mol. The number of pyridine rings is 1. The highest BCUT2D eigenvalue weighted by Gasteiger charge is 2.37. The predicted octanol–water partition coefficient (Wildman–Crippen LogP) is 5.26. The maximum absolute atomic E-state index is 15.4. The van der Waals surface area contributed by atoms with Crippen LogP contribution in [0.25, 0.3) is 5.57 Å². The van der Waals surface area contributed by atoms with Gasteiger partial charge >= 0.3 is 6.03 Å². The number of anilines is 2. The van der Waals surface area contributed by atoms with Crippen molar-refractivity contribution in [2.75, 3.05) is 31.1 Å². The van der Waals surface area contributed by atoms with Gasteiger partial charge in [-0.3, -0.25) is 14.8 Å². The minimum atomic E-state index is -1.06. The first kappa shape index (κ1) is 26.5. The van der Waals surface area contributed by atoms with Crippen molar-refractivity contribution in [1.82, 2.24) is 10.3 Å². The second-order valence-corrected chi connectivity index (χ2v) is 8.51. The van der Waals surface area contributed by atoms with Crippen LogP contribution in [-0.4, -0.2) is 38.0 Å². The van der Waals surface area contributed by atoms with Crippen molar-refractivity contribution in [2.45, 2.75) is 20.0 Å². The molecule has 2 heterocycles. The number of allylic oxidation sites excluding steroid dienone is 1. The van der Waals surface area contributed by atoms with Gasteiger partial charge in [-0.05, 0) is 30.7 Å². The van der Waals surface area contributed by atoms with E-state index in [2.05, 4.69) is 10.3 Å². The van der Waals surface area contributed by atoms with E-state index in [1.807, 2.05) is 0 Å². The minimum absolute atomic E-state index is 0.0228. The Morgan fingerprint density at radius 3 is 2.29 bits per heavy atom. The van der Waals surface area contributed by atoms with Gasteiger partial charge in [0.05, 0.1) is 38.7 Å². The Balaban J connectivity index is 1.89. The largest absolute Gasteiger partial charge is 0.493 e. The van der Waals surface area contributed by atoms with E-state index >= 15 is 8.78 Å². The minimum Gasteiger partial charge on any atom is -0.493 e. The molecule has 0 saturated heterocycles. The van der Waals surface area contributed by atoms with Crippen molar-refractivity contribution in [3.05, 3.63) is 83.1 Å². The molecule has 2 amide bonds. The topological polar surface area (TPSA) is 90.8 Å². The van der Waals surface area contributed by atoms with Gasteiger partial charge in [-0.1, -0.05) is 12.1 Å². The number of halogens is 3. The van der Waals surface area contributed by atoms with E-state index in [0.717, 1.165) is 11.0 Å². The summed E-state index contributed by atoms with van der Waals surface area (Å²) in [6, 6.07) is 7.56. The summed E-state index contributed by atoms with van der Waals surface area (Å²) in [6.07, 6.45) is 3.12. The Bertz CT molecular complexity index is 1400. The average molecular weight is 526 g/mol. The molecule has 11 heteroatoms. The van der Waals surface area contributed by atoms with Crippen LogP contribution in [0.1, 0.15) is 23.7 Å². The molecule has 1 aliphatic heterocycles. The van der Waals surface area contributed by atoms with E-state index in [4.69, 9.17) is 14.9 Å². The van der Waals surface area contributed by atoms with Gasteiger partial charge in [-0.15, -0.1) is 0 Å². The van der Waals surface area contributed by atoms with Crippen molar-refractivity contribution in [1.29, 1.82) is 5.41 Å². The molecule has 0 atom stereocenters. The number of hydrogen-bond donors (Lipinski definition) is 2. The van der Waals surface area contributed by atoms with Crippen LogP contribution in [0.4, 0.5) is 29.3 Å². The van der Waals surface area contributed by atoms with Gasteiger partial charge in [0, 0.05) is 42.4 Å². The second kappa shape index (κ2) is 10.8. The summed E-state index contributed by atoms with van der Waals surface area (Å²) < 4.78 is 54.4. The zero-order chi connectivity index (χ0) is 27.6. The Morgan fingerprint density at radius 1 is 1.11 bits per heavy atom. The third-order valence-electron chi connectivity index (χ3n) is 6.09. The number of ether oxygens (including phenoxy) is 2. The van der Waals surface area contributed by atoms with Crippen LogP contribution in [0.2, 0.25) is 0 Å². The summed E-state index contributed by atoms with van der Waals surface area (Å²) >= 11 is 0. The first-order chi connectivity index (χ1) is 18.2. The zero-order valence-corrected chi connectivity index (χ0v) is 21.2. The van der Waals surface area contributed by atoms with Crippen LogP contribution in [-0.2, 0) is 13.1 Å². The number of nitrogens with zero attached hydrogens (tertiary/aromatic N) is 3. The first-order valence-corrected chi connectivity index (χ1v) is 11.6. The molecule has 2 aromatic carbocycles. The smallest absolute Gasteiger partial charge is 0.329 e. The van der Waals surface area contributed by atoms with Gasteiger partial charge in [0.15, 0.2) is 23.1 Å². The fraction of sp³-hybridized carbons (Fsp3) is 0.222. The molecule has 38 heavy (non-hydrogen) atoms. The van der Waals surface area contributed by atoms with Crippen LogP contribution >= 0.6 is 0 Å². The third kappa shape index (κ3) is 4.86. The number of carbonyl (C=O) groups is 1. The number of carbonyl (C=O) groups excluding carboxylic acids is 1. The van der Waals surface area contributed by atoms with Crippen molar-refractivity contribution < 1.29 is 27.4 Å². The number of fused-ring (bicyclic) bond motifs is 1. The third-order valence-corrected chi connectivity index (χ3v) is 6.09. The number of amides is 2. The molecule has 0 aliphatic carbocycles. The highest BCUT2D eigenvalue weighted by atomic mass is 19.1. The maximum atomic E-state index is 15.4. The van der Waals surface area contributed by atoms with Crippen molar-refractivity contribution in [3.8, 4) is 11.5 Å². The number of benzene rings is 2. The molecule has 0 bridgehead atoms. The number of hydrogen-bond acceptors (Lipinski definition) is 6. The highest BCUT2D eigenvalue weighted by Crippen LogP contribution is 2.41. The van der Waals surface area contributed by atoms with E-state index in [1.165, 1.54) is 49.6 Å². The number of urea groups is 1. The average Bonchev–Trinajstić information content (AvgIpc) is 2.90. The molecule has 8 nitrogen and oxygen atoms in total. The van der Waals surface area contributed by atoms with Crippen molar-refractivity contribution >= 4 is 28.7 Å². The molecular weight excluding hydrogens is 499 g/mol. The second-order valence-electron chi connectivity index (χ2n) is 8.51. The van der Waals surface area contributed by atoms with Gasteiger partial charge in [-0.25, -0.2) is 18.0 Å². The Kier molecular flexibility index (Phi) is 7.56. The summed E-state index contributed by atoms with van der Waals surface area (Å²) in [6.45, 7) is 1.39. The molecule has 0 saturated carbocycles. The summed E-state index contributed by atoms with van der Waals surface area (Å²) in [5, 5.41) is 11.0. The Morgan fingerprint density at radius 2 is 1.74 bits per heavy atom. The first-order valence-electron chi connectivity index (χ1n) is 11.6. The maximum Gasteiger partial charge on any atom is 0.329 e. The number of rotatable bonds is 8. The number of nitrogens with one attached hydrogen (secondary N) is 2. The quantitative estimate of drug-likeness (QED) is 0.392. The number of aromatic nitrogens is 1. The molecule has 3 aromatic rings. The molecule has 0 fully saturated rings. The van der Waals surface area contributed by atoms with E-state index in [0.29, 0.717) is 28.1 Å². The normalized spacial score (nSPS) is 13.3. The lowest BCUT2D eigenvalue weighted by molar-refractivity contribution is 0.249. The molecular formula is C27H26F3N5O3. The van der Waals surface area contributed by atoms with Crippen LogP contribution < -0.4 is 24.6 Å². The van der Waals surface area contributed by atoms with Gasteiger partial charge in [0.2, 0.25) is 0 Å². The zero-order valence-electron chi connectivity index (χ0n) is 21.2. The van der Waals surface area contributed by atoms with Crippen LogP contribution in [0, 0.1) is 22.9 Å². The van der Waals surface area contributed by atoms with E-state index in [-0.39, 0.29) is 30.3 Å². The molecule has 2 N–H and O–H groups in total. The Hall–Kier alpha value is -4.54. The molecule has 0 radical (unpaired) electrons. The van der Waals surface area contributed by atoms with Crippen molar-refractivity contribution in [2.24, 2.45) is 0 Å². The van der Waals surface area contributed by atoms with Gasteiger partial charge in [-0.2, -0.15) is 0 Å². The fourth-order valence-corrected chi connectivity index (χ4v) is 4.21. The van der Waals surface area contributed by atoms with Gasteiger partial charge in [0.1, 0.15) is 11.5 Å². The van der Waals surface area contributed by atoms with Crippen LogP contribution in [0.5, 0.6) is 11.5 Å². The molecule has 1 aromatic heterocycles. The van der Waals surface area contributed by atoms with Crippen LogP contribution in [0.15, 0.2) is 48.8 Å². The molecule has 198 valence electrons. The Labute approximate surface area is 217 Å². The lowest BCUT2D eigenvalue weighted by Gasteiger charge is -2.37. The van der Waals surface area contributed by atoms with Gasteiger partial charge in [0.25, 0.3) is 0 Å². The summed E-state index contributed by atoms with van der Waals surface area (Å²) in [5.74, 6) is -3.15. The summed E-state index contributed by atoms with van der Waals surface area (Å²) in [4.78, 5) is 20.6. The molecule has 1 aliphatic rings. The lowest BCUT2D eigenvalue weighted by atomic mass is 10.0. The molecule has 0 unspecified atom stereocenters. The highest BCUT2D eigenvalue weighted by molar-refractivity contribution is 6.20. The predicted molar refractivity (Wildman–Crippen MR) is 138 cm³/mol. The molecule has 4 rings (SSSR count). The molecule has 0 spiro atoms. The fourth-order valence-electron chi connectivity index (χ4n) is 4.21. The van der Waals surface area contributed by atoms with Crippen molar-refractivity contribution in [3.63, 3.8) is 0 Å². The summed E-state index contributed by atoms with van der Waals surface area (Å²) in [5.41, 5.74) is 2.08. The van der Waals surface area contributed by atoms with E-state index in [1.54, 1.807) is 26.2 Å². The van der Waals surface area contributed by atoms with E-state index < -0.39 is 29.2 Å². The van der Waals surface area contributed by atoms with E-state index in [9.17, 15) is 9.18 Å². The standard InChI is InChI=1S/C27H26F3N5O3/c1-15(31)19(12-32-2)20-9-21-17(11-33-20)14-35(26-24(29)22(37-3)10-23(38-4)25(26)30)27(36)34(21)13-16-5-7-18(28)8-6-16/h5-12,31-32H,13-14H2,1-4H3/b19-12+,31-15?. The SMILES string of the molecule is CN/C=C(\C(C)=N)c1cc2c(cn1)CN(c1c(F)c(OC)cc(OC)c1F)C(=O)N2Cc1ccc(F)cc1.